The molecule has 1 aliphatic heterocycles. The zero-order chi connectivity index (χ0) is 21.7. The molecule has 0 aliphatic carbocycles. The van der Waals surface area contributed by atoms with Crippen LogP contribution >= 0.6 is 0 Å². The van der Waals surface area contributed by atoms with Crippen LogP contribution < -0.4 is 19.9 Å². The lowest BCUT2D eigenvalue weighted by Crippen LogP contribution is -2.54. The summed E-state index contributed by atoms with van der Waals surface area (Å²) in [5.41, 5.74) is 2.02. The highest BCUT2D eigenvalue weighted by Crippen LogP contribution is 2.25. The molecule has 0 unspecified atom stereocenters. The normalized spacial score (nSPS) is 15.4. The molecule has 3 rings (SSSR count). The second-order valence-corrected chi connectivity index (χ2v) is 6.65. The Hall–Kier alpha value is -3.61. The number of imide groups is 2. The number of carbonyl (C=O) groups is 3. The third-order valence-corrected chi connectivity index (χ3v) is 4.84. The number of amides is 4. The first-order chi connectivity index (χ1) is 14.5. The van der Waals surface area contributed by atoms with Crippen molar-refractivity contribution in [2.75, 3.05) is 29.5 Å². The molecule has 156 valence electrons. The van der Waals surface area contributed by atoms with Gasteiger partial charge in [0.15, 0.2) is 0 Å². The molecule has 1 N–H and O–H groups in total. The van der Waals surface area contributed by atoms with Crippen molar-refractivity contribution in [2.45, 2.75) is 20.8 Å². The highest BCUT2D eigenvalue weighted by atomic mass is 16.5. The molecule has 0 aromatic heterocycles. The predicted molar refractivity (Wildman–Crippen MR) is 117 cm³/mol. The Bertz CT molecular complexity index is 961. The van der Waals surface area contributed by atoms with Crippen molar-refractivity contribution < 1.29 is 19.1 Å². The first-order valence-corrected chi connectivity index (χ1v) is 9.97. The van der Waals surface area contributed by atoms with Crippen molar-refractivity contribution >= 4 is 35.3 Å². The number of urea groups is 1. The van der Waals surface area contributed by atoms with Crippen LogP contribution in [0.3, 0.4) is 0 Å². The number of carbonyl (C=O) groups excluding carboxylic acids is 3. The van der Waals surface area contributed by atoms with Crippen molar-refractivity contribution in [2.24, 2.45) is 0 Å². The number of nitrogens with zero attached hydrogens (tertiary/aromatic N) is 2. The largest absolute Gasteiger partial charge is 0.494 e. The second-order valence-electron chi connectivity index (χ2n) is 6.65. The van der Waals surface area contributed by atoms with Gasteiger partial charge >= 0.3 is 6.03 Å². The van der Waals surface area contributed by atoms with Gasteiger partial charge in [0.2, 0.25) is 0 Å². The third-order valence-electron chi connectivity index (χ3n) is 4.84. The van der Waals surface area contributed by atoms with Gasteiger partial charge in [0.05, 0.1) is 12.3 Å². The second kappa shape index (κ2) is 9.26. The van der Waals surface area contributed by atoms with Crippen LogP contribution in [0.1, 0.15) is 26.3 Å². The van der Waals surface area contributed by atoms with Gasteiger partial charge in [-0.1, -0.05) is 12.1 Å². The van der Waals surface area contributed by atoms with Gasteiger partial charge in [0, 0.05) is 18.8 Å². The highest BCUT2D eigenvalue weighted by molar-refractivity contribution is 6.39. The van der Waals surface area contributed by atoms with E-state index in [1.54, 1.807) is 24.3 Å². The Balaban J connectivity index is 1.88. The monoisotopic (exact) mass is 407 g/mol. The van der Waals surface area contributed by atoms with E-state index in [0.29, 0.717) is 23.6 Å². The van der Waals surface area contributed by atoms with Gasteiger partial charge in [-0.05, 0) is 68.8 Å². The van der Waals surface area contributed by atoms with Crippen LogP contribution in [0.15, 0.2) is 54.1 Å². The van der Waals surface area contributed by atoms with E-state index in [1.165, 1.54) is 6.08 Å². The SMILES string of the molecule is CCOc1ccc(N2C(=O)NC(=O)C(=Cc3ccc(N(CC)CC)cc3)C2=O)cc1. The summed E-state index contributed by atoms with van der Waals surface area (Å²) in [4.78, 5) is 40.8. The van der Waals surface area contributed by atoms with Crippen molar-refractivity contribution in [3.63, 3.8) is 0 Å². The quantitative estimate of drug-likeness (QED) is 0.560. The van der Waals surface area contributed by atoms with E-state index >= 15 is 0 Å². The Labute approximate surface area is 175 Å². The first-order valence-electron chi connectivity index (χ1n) is 9.97. The fraction of sp³-hybridized carbons (Fsp3) is 0.261. The summed E-state index contributed by atoms with van der Waals surface area (Å²) >= 11 is 0. The van der Waals surface area contributed by atoms with E-state index in [0.717, 1.165) is 23.7 Å². The maximum atomic E-state index is 13.0. The third kappa shape index (κ3) is 4.35. The van der Waals surface area contributed by atoms with E-state index in [4.69, 9.17) is 4.74 Å². The minimum Gasteiger partial charge on any atom is -0.494 e. The van der Waals surface area contributed by atoms with Crippen LogP contribution in [0.25, 0.3) is 6.08 Å². The van der Waals surface area contributed by atoms with Crippen LogP contribution in [0, 0.1) is 0 Å². The van der Waals surface area contributed by atoms with Gasteiger partial charge in [-0.2, -0.15) is 0 Å². The molecular weight excluding hydrogens is 382 g/mol. The van der Waals surface area contributed by atoms with Crippen molar-refractivity contribution in [1.82, 2.24) is 5.32 Å². The molecular formula is C23H25N3O4. The number of hydrogen-bond donors (Lipinski definition) is 1. The molecule has 0 atom stereocenters. The maximum absolute atomic E-state index is 13.0. The molecule has 1 heterocycles. The van der Waals surface area contributed by atoms with E-state index < -0.39 is 17.8 Å². The number of ether oxygens (including phenoxy) is 1. The smallest absolute Gasteiger partial charge is 0.335 e. The molecule has 0 radical (unpaired) electrons. The highest BCUT2D eigenvalue weighted by Gasteiger charge is 2.36. The van der Waals surface area contributed by atoms with Crippen LogP contribution in [0.4, 0.5) is 16.2 Å². The van der Waals surface area contributed by atoms with Crippen LogP contribution in [0.5, 0.6) is 5.75 Å². The van der Waals surface area contributed by atoms with Gasteiger partial charge in [-0.25, -0.2) is 9.69 Å². The average molecular weight is 407 g/mol. The Morgan fingerprint density at radius 3 is 2.13 bits per heavy atom. The Morgan fingerprint density at radius 1 is 0.933 bits per heavy atom. The number of barbiturate groups is 1. The van der Waals surface area contributed by atoms with E-state index in [2.05, 4.69) is 24.1 Å². The average Bonchev–Trinajstić information content (AvgIpc) is 2.74. The summed E-state index contributed by atoms with van der Waals surface area (Å²) < 4.78 is 5.39. The number of benzene rings is 2. The molecule has 7 heteroatoms. The summed E-state index contributed by atoms with van der Waals surface area (Å²) in [5, 5.41) is 2.24. The Morgan fingerprint density at radius 2 is 1.57 bits per heavy atom. The molecule has 0 saturated carbocycles. The van der Waals surface area contributed by atoms with E-state index in [9.17, 15) is 14.4 Å². The molecule has 0 spiro atoms. The molecule has 30 heavy (non-hydrogen) atoms. The number of hydrogen-bond acceptors (Lipinski definition) is 5. The Kier molecular flexibility index (Phi) is 6.51. The fourth-order valence-electron chi connectivity index (χ4n) is 3.29. The summed E-state index contributed by atoms with van der Waals surface area (Å²) in [6.45, 7) is 8.31. The molecule has 7 nitrogen and oxygen atoms in total. The van der Waals surface area contributed by atoms with Gasteiger partial charge in [-0.3, -0.25) is 14.9 Å². The molecule has 1 aliphatic rings. The fourth-order valence-corrected chi connectivity index (χ4v) is 3.29. The van der Waals surface area contributed by atoms with Crippen molar-refractivity contribution in [3.05, 3.63) is 59.7 Å². The van der Waals surface area contributed by atoms with Gasteiger partial charge in [0.25, 0.3) is 11.8 Å². The molecule has 4 amide bonds. The lowest BCUT2D eigenvalue weighted by atomic mass is 10.1. The maximum Gasteiger partial charge on any atom is 0.335 e. The minimum absolute atomic E-state index is 0.0981. The number of rotatable bonds is 7. The number of nitrogens with one attached hydrogen (secondary N) is 1. The molecule has 1 fully saturated rings. The van der Waals surface area contributed by atoms with Crippen LogP contribution in [0.2, 0.25) is 0 Å². The molecule has 2 aromatic carbocycles. The number of anilines is 2. The van der Waals surface area contributed by atoms with Gasteiger partial charge < -0.3 is 9.64 Å². The molecule has 1 saturated heterocycles. The summed E-state index contributed by atoms with van der Waals surface area (Å²) in [6.07, 6.45) is 1.50. The van der Waals surface area contributed by atoms with E-state index in [-0.39, 0.29) is 5.57 Å². The lowest BCUT2D eigenvalue weighted by Gasteiger charge is -2.26. The lowest BCUT2D eigenvalue weighted by molar-refractivity contribution is -0.122. The zero-order valence-electron chi connectivity index (χ0n) is 17.3. The molecule has 2 aromatic rings. The standard InChI is InChI=1S/C23H25N3O4/c1-4-25(5-2)17-9-7-16(8-10-17)15-20-21(27)24-23(29)26(22(20)28)18-11-13-19(14-12-18)30-6-3/h7-15H,4-6H2,1-3H3,(H,24,27,29). The van der Waals surface area contributed by atoms with Crippen molar-refractivity contribution in [3.8, 4) is 5.75 Å². The molecule has 0 bridgehead atoms. The minimum atomic E-state index is -0.775. The van der Waals surface area contributed by atoms with Crippen LogP contribution in [-0.2, 0) is 9.59 Å². The summed E-state index contributed by atoms with van der Waals surface area (Å²) in [5.74, 6) is -0.744. The van der Waals surface area contributed by atoms with Gasteiger partial charge in [-0.15, -0.1) is 0 Å². The van der Waals surface area contributed by atoms with E-state index in [1.807, 2.05) is 31.2 Å². The zero-order valence-corrected chi connectivity index (χ0v) is 17.3. The summed E-state index contributed by atoms with van der Waals surface area (Å²) in [6, 6.07) is 13.4. The van der Waals surface area contributed by atoms with Crippen molar-refractivity contribution in [1.29, 1.82) is 0 Å². The topological polar surface area (TPSA) is 79.0 Å². The first kappa shape index (κ1) is 21.1. The van der Waals surface area contributed by atoms with Crippen LogP contribution in [-0.4, -0.2) is 37.5 Å². The summed E-state index contributed by atoms with van der Waals surface area (Å²) in [7, 11) is 0. The predicted octanol–water partition coefficient (Wildman–Crippen LogP) is 3.60. The van der Waals surface area contributed by atoms with Gasteiger partial charge in [0.1, 0.15) is 11.3 Å².